The van der Waals surface area contributed by atoms with Crippen LogP contribution in [0.25, 0.3) is 11.1 Å². The summed E-state index contributed by atoms with van der Waals surface area (Å²) < 4.78 is 5.68. The molecule has 35 heavy (non-hydrogen) atoms. The lowest BCUT2D eigenvalue weighted by atomic mass is 9.83. The maximum Gasteiger partial charge on any atom is 0.407 e. The van der Waals surface area contributed by atoms with Crippen LogP contribution in [-0.4, -0.2) is 41.8 Å². The van der Waals surface area contributed by atoms with Crippen molar-refractivity contribution in [1.82, 2.24) is 10.6 Å². The third-order valence-corrected chi connectivity index (χ3v) is 7.28. The van der Waals surface area contributed by atoms with Crippen LogP contribution in [0, 0.1) is 11.8 Å². The lowest BCUT2D eigenvalue weighted by Gasteiger charge is -2.33. The number of amides is 2. The van der Waals surface area contributed by atoms with E-state index in [1.165, 1.54) is 11.1 Å². The predicted octanol–water partition coefficient (Wildman–Crippen LogP) is 4.70. The van der Waals surface area contributed by atoms with Crippen LogP contribution in [0.5, 0.6) is 0 Å². The molecule has 0 radical (unpaired) electrons. The number of carbonyl (C=O) groups excluding carboxylic acids is 2. The molecule has 0 bridgehead atoms. The van der Waals surface area contributed by atoms with E-state index in [-0.39, 0.29) is 36.8 Å². The number of carbonyl (C=O) groups is 3. The Morgan fingerprint density at radius 2 is 1.57 bits per heavy atom. The summed E-state index contributed by atoms with van der Waals surface area (Å²) in [5, 5.41) is 15.0. The van der Waals surface area contributed by atoms with Crippen molar-refractivity contribution in [3.05, 3.63) is 59.7 Å². The van der Waals surface area contributed by atoms with Crippen molar-refractivity contribution in [1.29, 1.82) is 0 Å². The molecule has 2 amide bonds. The van der Waals surface area contributed by atoms with Gasteiger partial charge in [-0.2, -0.15) is 0 Å². The van der Waals surface area contributed by atoms with Gasteiger partial charge in [-0.15, -0.1) is 0 Å². The normalized spacial score (nSPS) is 20.0. The third-order valence-electron chi connectivity index (χ3n) is 7.28. The van der Waals surface area contributed by atoms with Crippen molar-refractivity contribution in [3.63, 3.8) is 0 Å². The fraction of sp³-hybridized carbons (Fsp3) is 0.464. The first-order valence-corrected chi connectivity index (χ1v) is 12.5. The second kappa shape index (κ2) is 10.9. The highest BCUT2D eigenvalue weighted by Gasteiger charge is 2.35. The first kappa shape index (κ1) is 24.8. The Labute approximate surface area is 206 Å². The minimum Gasteiger partial charge on any atom is -0.481 e. The Hall–Kier alpha value is -3.35. The minimum absolute atomic E-state index is 0.00724. The molecule has 0 aliphatic heterocycles. The molecule has 0 heterocycles. The smallest absolute Gasteiger partial charge is 0.407 e. The average Bonchev–Trinajstić information content (AvgIpc) is 3.16. The zero-order valence-electron chi connectivity index (χ0n) is 20.3. The Balaban J connectivity index is 1.38. The second-order valence-corrected chi connectivity index (χ2v) is 9.92. The molecular weight excluding hydrogens is 444 g/mol. The van der Waals surface area contributed by atoms with E-state index in [0.29, 0.717) is 12.8 Å². The van der Waals surface area contributed by atoms with Crippen molar-refractivity contribution in [3.8, 4) is 11.1 Å². The van der Waals surface area contributed by atoms with Crippen molar-refractivity contribution in [2.75, 3.05) is 6.61 Å². The molecule has 1 saturated carbocycles. The zero-order chi connectivity index (χ0) is 24.9. The molecule has 2 aromatic rings. The second-order valence-electron chi connectivity index (χ2n) is 9.92. The van der Waals surface area contributed by atoms with Crippen LogP contribution in [0.2, 0.25) is 0 Å². The Morgan fingerprint density at radius 3 is 2.17 bits per heavy atom. The van der Waals surface area contributed by atoms with E-state index >= 15 is 0 Å². The summed E-state index contributed by atoms with van der Waals surface area (Å²) in [7, 11) is 0. The number of hydrogen-bond donors (Lipinski definition) is 3. The van der Waals surface area contributed by atoms with Gasteiger partial charge in [0, 0.05) is 18.0 Å². The third kappa shape index (κ3) is 5.66. The van der Waals surface area contributed by atoms with Crippen molar-refractivity contribution >= 4 is 18.0 Å². The number of ether oxygens (including phenoxy) is 1. The number of hydrogen-bond acceptors (Lipinski definition) is 4. The predicted molar refractivity (Wildman–Crippen MR) is 133 cm³/mol. The van der Waals surface area contributed by atoms with Crippen LogP contribution in [0.1, 0.15) is 63.0 Å². The molecule has 4 rings (SSSR count). The quantitative estimate of drug-likeness (QED) is 0.510. The highest BCUT2D eigenvalue weighted by molar-refractivity contribution is 5.82. The number of fused-ring (bicyclic) bond motifs is 3. The molecular formula is C28H34N2O5. The van der Waals surface area contributed by atoms with E-state index < -0.39 is 24.0 Å². The van der Waals surface area contributed by atoms with Gasteiger partial charge in [-0.25, -0.2) is 4.79 Å². The number of alkyl carbamates (subject to hydrolysis) is 1. The van der Waals surface area contributed by atoms with Crippen LogP contribution in [-0.2, 0) is 14.3 Å². The summed E-state index contributed by atoms with van der Waals surface area (Å²) >= 11 is 0. The largest absolute Gasteiger partial charge is 0.481 e. The first-order chi connectivity index (χ1) is 16.8. The minimum atomic E-state index is -0.944. The van der Waals surface area contributed by atoms with Gasteiger partial charge in [-0.1, -0.05) is 75.2 Å². The summed E-state index contributed by atoms with van der Waals surface area (Å²) in [6.45, 7) is 4.00. The summed E-state index contributed by atoms with van der Waals surface area (Å²) in [6.07, 6.45) is 2.50. The Bertz CT molecular complexity index is 1040. The van der Waals surface area contributed by atoms with Gasteiger partial charge in [0.2, 0.25) is 5.91 Å². The maximum atomic E-state index is 13.0. The lowest BCUT2D eigenvalue weighted by Crippen LogP contribution is -2.51. The molecule has 3 atom stereocenters. The van der Waals surface area contributed by atoms with Gasteiger partial charge in [-0.05, 0) is 41.0 Å². The van der Waals surface area contributed by atoms with Gasteiger partial charge in [-0.3, -0.25) is 9.59 Å². The first-order valence-electron chi connectivity index (χ1n) is 12.5. The SMILES string of the molecule is CC(C)[C@@H](CC(=O)O)NC(=O)C1CCCCC1NC(=O)OCC1c2ccccc2-c2ccccc21. The topological polar surface area (TPSA) is 105 Å². The number of benzene rings is 2. The van der Waals surface area contributed by atoms with E-state index in [1.807, 2.05) is 38.1 Å². The lowest BCUT2D eigenvalue weighted by molar-refractivity contribution is -0.138. The van der Waals surface area contributed by atoms with Gasteiger partial charge in [0.1, 0.15) is 6.61 Å². The van der Waals surface area contributed by atoms with Gasteiger partial charge in [0.25, 0.3) is 0 Å². The van der Waals surface area contributed by atoms with Crippen molar-refractivity contribution < 1.29 is 24.2 Å². The van der Waals surface area contributed by atoms with Gasteiger partial charge in [0.15, 0.2) is 0 Å². The molecule has 0 spiro atoms. The summed E-state index contributed by atoms with van der Waals surface area (Å²) in [6, 6.07) is 15.6. The number of rotatable bonds is 8. The van der Waals surface area contributed by atoms with Crippen LogP contribution in [0.3, 0.4) is 0 Å². The van der Waals surface area contributed by atoms with E-state index in [2.05, 4.69) is 34.9 Å². The summed E-state index contributed by atoms with van der Waals surface area (Å²) in [5.41, 5.74) is 4.63. The summed E-state index contributed by atoms with van der Waals surface area (Å²) in [4.78, 5) is 37.0. The van der Waals surface area contributed by atoms with Crippen LogP contribution >= 0.6 is 0 Å². The molecule has 2 aliphatic carbocycles. The number of nitrogens with one attached hydrogen (secondary N) is 2. The molecule has 0 aromatic heterocycles. The van der Waals surface area contributed by atoms with Crippen LogP contribution in [0.4, 0.5) is 4.79 Å². The fourth-order valence-electron chi connectivity index (χ4n) is 5.34. The molecule has 186 valence electrons. The standard InChI is InChI=1S/C28H34N2O5/c1-17(2)25(15-26(31)32)29-27(33)22-13-7-8-14-24(22)30-28(34)35-16-23-20-11-5-3-9-18(20)19-10-4-6-12-21(19)23/h3-6,9-12,17,22-25H,7-8,13-16H2,1-2H3,(H,29,33)(H,30,34)(H,31,32)/t22?,24?,25-/m1/s1. The van der Waals surface area contributed by atoms with E-state index in [0.717, 1.165) is 24.0 Å². The molecule has 2 aliphatic rings. The zero-order valence-corrected chi connectivity index (χ0v) is 20.3. The monoisotopic (exact) mass is 478 g/mol. The molecule has 0 saturated heterocycles. The average molecular weight is 479 g/mol. The molecule has 3 N–H and O–H groups in total. The number of carboxylic acids is 1. The molecule has 2 unspecified atom stereocenters. The molecule has 7 nitrogen and oxygen atoms in total. The molecule has 1 fully saturated rings. The van der Waals surface area contributed by atoms with Gasteiger partial charge >= 0.3 is 12.1 Å². The van der Waals surface area contributed by atoms with Crippen molar-refractivity contribution in [2.24, 2.45) is 11.8 Å². The highest BCUT2D eigenvalue weighted by Crippen LogP contribution is 2.44. The number of aliphatic carboxylic acids is 1. The maximum absolute atomic E-state index is 13.0. The van der Waals surface area contributed by atoms with Crippen LogP contribution in [0.15, 0.2) is 48.5 Å². The molecule has 2 aromatic carbocycles. The Morgan fingerprint density at radius 1 is 0.971 bits per heavy atom. The van der Waals surface area contributed by atoms with Crippen molar-refractivity contribution in [2.45, 2.75) is 64.0 Å². The van der Waals surface area contributed by atoms with E-state index in [1.54, 1.807) is 0 Å². The molecule has 7 heteroatoms. The van der Waals surface area contributed by atoms with Gasteiger partial charge < -0.3 is 20.5 Å². The number of carboxylic acid groups (broad SMARTS) is 1. The fourth-order valence-corrected chi connectivity index (χ4v) is 5.34. The summed E-state index contributed by atoms with van der Waals surface area (Å²) in [5.74, 6) is -1.58. The van der Waals surface area contributed by atoms with Crippen LogP contribution < -0.4 is 10.6 Å². The van der Waals surface area contributed by atoms with Gasteiger partial charge in [0.05, 0.1) is 12.3 Å². The Kier molecular flexibility index (Phi) is 7.73. The highest BCUT2D eigenvalue weighted by atomic mass is 16.5. The van der Waals surface area contributed by atoms with E-state index in [9.17, 15) is 19.5 Å². The van der Waals surface area contributed by atoms with E-state index in [4.69, 9.17) is 4.74 Å².